The Kier molecular flexibility index (Phi) is 24.7. The van der Waals surface area contributed by atoms with Gasteiger partial charge in [0.1, 0.15) is 0 Å². The molecular weight excluding hydrogens is 1810 g/mol. The first kappa shape index (κ1) is 89.7. The van der Waals surface area contributed by atoms with Gasteiger partial charge in [-0.05, 0) is 320 Å². The zero-order valence-corrected chi connectivity index (χ0v) is 82.7. The molecule has 24 aromatic carbocycles. The van der Waals surface area contributed by atoms with E-state index in [1.54, 1.807) is 0 Å². The smallest absolute Gasteiger partial charge is 0.0540 e. The number of fused-ring (bicyclic) bond motifs is 5. The Morgan fingerprint density at radius 2 is 0.299 bits per heavy atom. The highest BCUT2D eigenvalue weighted by molar-refractivity contribution is 8.35. The van der Waals surface area contributed by atoms with Gasteiger partial charge in [0, 0.05) is 112 Å². The van der Waals surface area contributed by atoms with E-state index < -0.39 is 40.1 Å². The van der Waals surface area contributed by atoms with Crippen LogP contribution in [0.5, 0.6) is 0 Å². The molecule has 0 unspecified atom stereocenters. The zero-order chi connectivity index (χ0) is 96.1. The van der Waals surface area contributed by atoms with Crippen LogP contribution in [0.3, 0.4) is 0 Å². The summed E-state index contributed by atoms with van der Waals surface area (Å²) in [6.07, 6.45) is 0. The lowest BCUT2D eigenvalue weighted by atomic mass is 9.87. The molecule has 24 aromatic rings. The minimum atomic E-state index is -2.12. The molecule has 0 aliphatic rings. The average molecular weight is 1920 g/mol. The van der Waals surface area contributed by atoms with Gasteiger partial charge in [-0.1, -0.05) is 364 Å². The van der Waals surface area contributed by atoms with E-state index in [0.29, 0.717) is 0 Å². The van der Waals surface area contributed by atoms with Crippen LogP contribution in [0.15, 0.2) is 697 Å². The van der Waals surface area contributed by atoms with Crippen molar-refractivity contribution in [1.82, 2.24) is 0 Å². The summed E-state index contributed by atoms with van der Waals surface area (Å²) in [6.45, 7) is 0. The first-order valence-electron chi connectivity index (χ1n) is 49.2. The fraction of sp³-hybridized carbons (Fsp3) is 0. The molecule has 0 amide bonds. The van der Waals surface area contributed by atoms with E-state index in [-0.39, 0.29) is 0 Å². The lowest BCUT2D eigenvalue weighted by Gasteiger charge is -2.42. The molecule has 144 heavy (non-hydrogen) atoms. The van der Waals surface area contributed by atoms with Gasteiger partial charge in [0.2, 0.25) is 0 Å². The Hall–Kier alpha value is -16.9. The molecule has 0 atom stereocenters. The highest BCUT2D eigenvalue weighted by Crippen LogP contribution is 2.78. The van der Waals surface area contributed by atoms with Crippen molar-refractivity contribution in [2.24, 2.45) is 0 Å². The van der Waals surface area contributed by atoms with Crippen LogP contribution in [0.1, 0.15) is 0 Å². The third kappa shape index (κ3) is 16.0. The topological polar surface area (TPSA) is 6.48 Å². The Labute approximate surface area is 850 Å². The maximum Gasteiger partial charge on any atom is 0.0540 e. The molecule has 0 aliphatic carbocycles. The quantitative estimate of drug-likeness (QED) is 0.0499. The summed E-state index contributed by atoms with van der Waals surface area (Å²) in [5.41, 5.74) is 15.3. The fourth-order valence-electron chi connectivity index (χ4n) is 21.8. The highest BCUT2D eigenvalue weighted by Gasteiger charge is 2.40. The molecule has 688 valence electrons. The third-order valence-corrected chi connectivity index (χ3v) is 43.7. The van der Waals surface area contributed by atoms with Gasteiger partial charge in [0.05, 0.1) is 11.4 Å². The summed E-state index contributed by atoms with van der Waals surface area (Å²) in [7, 11) is -8.34. The van der Waals surface area contributed by atoms with E-state index in [1.165, 1.54) is 111 Å². The molecule has 0 aromatic heterocycles. The van der Waals surface area contributed by atoms with Crippen LogP contribution in [0.25, 0.3) is 76.8 Å². The van der Waals surface area contributed by atoms with Crippen LogP contribution in [0, 0.1) is 0 Å². The SMILES string of the molecule is c1ccc(S(c2ccccc2)(c2ccccc2)c2cccc(-c3ccccc3N(c3ccc(-c4cc5c6ccccc6c(-c6ccc(N(c7cccc(S(c8ccccc8)(c8ccccc8)c8ccccc8)c7)c7ccccc7-c7cccc(S(c8ccccc8)(c8ccccc8)c8ccccc8)c7)cc6)cc5c5ccccc45)cc3)c3cccc(S(c4ccccc4)(c4ccccc4)c4ccccc4)c3)c2)cc1. The number of hydrogen-bond donors (Lipinski definition) is 0. The fourth-order valence-corrected chi connectivity index (χ4v) is 37.4. The highest BCUT2D eigenvalue weighted by atomic mass is 32.3. The predicted octanol–water partition coefficient (Wildman–Crippen LogP) is 40.1. The first-order chi connectivity index (χ1) is 71.4. The molecule has 0 bridgehead atoms. The Morgan fingerprint density at radius 1 is 0.104 bits per heavy atom. The van der Waals surface area contributed by atoms with Gasteiger partial charge in [0.15, 0.2) is 0 Å². The van der Waals surface area contributed by atoms with Crippen LogP contribution in [-0.2, 0) is 0 Å². The average Bonchev–Trinajstić information content (AvgIpc) is 0.742. The maximum atomic E-state index is 2.52. The monoisotopic (exact) mass is 1910 g/mol. The molecule has 0 fully saturated rings. The van der Waals surface area contributed by atoms with E-state index in [9.17, 15) is 0 Å². The van der Waals surface area contributed by atoms with E-state index in [0.717, 1.165) is 78.6 Å². The van der Waals surface area contributed by atoms with Crippen molar-refractivity contribution in [3.63, 3.8) is 0 Å². The second-order valence-corrected chi connectivity index (χ2v) is 48.5. The molecule has 0 saturated heterocycles. The number of nitrogens with zero attached hydrogens (tertiary/aromatic N) is 2. The van der Waals surface area contributed by atoms with Gasteiger partial charge >= 0.3 is 0 Å². The molecule has 6 heteroatoms. The van der Waals surface area contributed by atoms with Crippen molar-refractivity contribution in [3.05, 3.63) is 619 Å². The second-order valence-electron chi connectivity index (χ2n) is 36.1. The molecular formula is C138H102N2S4. The minimum absolute atomic E-state index is 1.03. The molecule has 0 saturated carbocycles. The Morgan fingerprint density at radius 3 is 0.542 bits per heavy atom. The van der Waals surface area contributed by atoms with E-state index in [1.807, 2.05) is 0 Å². The number of rotatable bonds is 26. The second kappa shape index (κ2) is 39.6. The molecule has 0 aliphatic heterocycles. The molecule has 0 N–H and O–H groups in total. The number of benzene rings is 24. The lowest BCUT2D eigenvalue weighted by Crippen LogP contribution is -2.12. The summed E-state index contributed by atoms with van der Waals surface area (Å²) in [6, 6.07) is 232. The minimum Gasteiger partial charge on any atom is -0.310 e. The maximum absolute atomic E-state index is 2.52. The number of para-hydroxylation sites is 2. The Balaban J connectivity index is 0.656. The molecule has 0 radical (unpaired) electrons. The van der Waals surface area contributed by atoms with Crippen molar-refractivity contribution in [1.29, 1.82) is 0 Å². The molecule has 24 rings (SSSR count). The van der Waals surface area contributed by atoms with Gasteiger partial charge in [-0.15, -0.1) is 40.1 Å². The van der Waals surface area contributed by atoms with Crippen LogP contribution in [0.4, 0.5) is 34.1 Å². The van der Waals surface area contributed by atoms with Gasteiger partial charge < -0.3 is 9.80 Å². The normalized spacial score (nSPS) is 12.2. The Bertz CT molecular complexity index is 7740. The predicted molar refractivity (Wildman–Crippen MR) is 610 cm³/mol. The van der Waals surface area contributed by atoms with Crippen molar-refractivity contribution in [3.8, 4) is 44.5 Å². The number of hydrogen-bond acceptors (Lipinski definition) is 2. The van der Waals surface area contributed by atoms with Gasteiger partial charge in [-0.2, -0.15) is 0 Å². The van der Waals surface area contributed by atoms with Crippen molar-refractivity contribution >= 4 is 107 Å². The molecule has 0 heterocycles. The summed E-state index contributed by atoms with van der Waals surface area (Å²) < 4.78 is 0. The summed E-state index contributed by atoms with van der Waals surface area (Å²) >= 11 is 0. The number of anilines is 6. The van der Waals surface area contributed by atoms with E-state index >= 15 is 0 Å². The van der Waals surface area contributed by atoms with Gasteiger partial charge in [-0.25, -0.2) is 0 Å². The van der Waals surface area contributed by atoms with E-state index in [2.05, 4.69) is 629 Å². The zero-order valence-electron chi connectivity index (χ0n) is 79.4. The van der Waals surface area contributed by atoms with Crippen molar-refractivity contribution in [2.75, 3.05) is 9.80 Å². The largest absolute Gasteiger partial charge is 0.310 e. The lowest BCUT2D eigenvalue weighted by molar-refractivity contribution is 1.22. The molecule has 0 spiro atoms. The van der Waals surface area contributed by atoms with Gasteiger partial charge in [0.25, 0.3) is 0 Å². The van der Waals surface area contributed by atoms with Crippen LogP contribution in [0.2, 0.25) is 0 Å². The van der Waals surface area contributed by atoms with Crippen molar-refractivity contribution in [2.45, 2.75) is 78.3 Å². The van der Waals surface area contributed by atoms with Crippen LogP contribution < -0.4 is 9.80 Å². The standard InChI is InChI=1S/C138H102N2S4/c1-13-53-111(54-14-1)141(112-55-15-2-16-56-112,113-57-17-3-18-58-113)123-77-45-49-105(97-123)127-81-41-43-87-137(127)139(109-51-47-79-125(99-109)143(117-65-25-7-26-66-117,118-67-27-8-28-68-118)119-69-29-9-30-70-119)107-93-89-103(90-94-107)133-101-135-132-86-40-38-84-130(132)134(102-136(135)131-85-39-37-83-129(131)133)104-91-95-108(96-92-104)140(110-52-48-80-126(100-110)144(120-71-31-10-32-72-120,121-73-33-11-34-74-121)122-75-35-12-36-76-122)138-88-44-42-82-128(138)106-50-46-78-124(98-106)142(114-59-19-4-20-60-114,115-61-21-5-22-62-115)116-63-23-6-24-64-116/h1-102H. The third-order valence-electron chi connectivity index (χ3n) is 28.1. The summed E-state index contributed by atoms with van der Waals surface area (Å²) in [4.78, 5) is 25.2. The summed E-state index contributed by atoms with van der Waals surface area (Å²) in [5, 5.41) is 7.12. The van der Waals surface area contributed by atoms with Crippen molar-refractivity contribution < 1.29 is 0 Å². The summed E-state index contributed by atoms with van der Waals surface area (Å²) in [5.74, 6) is 0. The first-order valence-corrected chi connectivity index (χ1v) is 55.7. The van der Waals surface area contributed by atoms with E-state index in [4.69, 9.17) is 0 Å². The van der Waals surface area contributed by atoms with Gasteiger partial charge in [-0.3, -0.25) is 0 Å². The van der Waals surface area contributed by atoms with Crippen LogP contribution >= 0.6 is 40.1 Å². The molecule has 2 nitrogen and oxygen atoms in total. The van der Waals surface area contributed by atoms with Crippen LogP contribution in [-0.4, -0.2) is 0 Å².